The van der Waals surface area contributed by atoms with E-state index in [4.69, 9.17) is 0 Å². The largest absolute Gasteiger partial charge is 0.387 e. The summed E-state index contributed by atoms with van der Waals surface area (Å²) in [4.78, 5) is 12.6. The van der Waals surface area contributed by atoms with E-state index in [1.165, 1.54) is 4.88 Å². The molecule has 23 heavy (non-hydrogen) atoms. The number of anilines is 1. The van der Waals surface area contributed by atoms with Gasteiger partial charge in [0.1, 0.15) is 0 Å². The zero-order valence-electron chi connectivity index (χ0n) is 13.1. The highest BCUT2D eigenvalue weighted by Crippen LogP contribution is 2.41. The predicted octanol–water partition coefficient (Wildman–Crippen LogP) is 3.48. The van der Waals surface area contributed by atoms with Crippen molar-refractivity contribution in [2.75, 3.05) is 17.6 Å². The molecule has 2 atom stereocenters. The fourth-order valence-electron chi connectivity index (χ4n) is 2.58. The number of aryl methyl sites for hydroxylation is 1. The van der Waals surface area contributed by atoms with Crippen LogP contribution >= 0.6 is 23.1 Å². The van der Waals surface area contributed by atoms with Gasteiger partial charge in [-0.25, -0.2) is 0 Å². The number of carbonyl (C=O) groups is 1. The summed E-state index contributed by atoms with van der Waals surface area (Å²) in [6.07, 6.45) is -0.526. The zero-order valence-corrected chi connectivity index (χ0v) is 14.8. The zero-order chi connectivity index (χ0) is 16.4. The number of hydrogen-bond donors (Lipinski definition) is 3. The van der Waals surface area contributed by atoms with Crippen LogP contribution in [0.4, 0.5) is 5.69 Å². The third-order valence-corrected chi connectivity index (χ3v) is 6.52. The minimum absolute atomic E-state index is 0.0578. The van der Waals surface area contributed by atoms with Gasteiger partial charge < -0.3 is 15.7 Å². The smallest absolute Gasteiger partial charge is 0.234 e. The van der Waals surface area contributed by atoms with Gasteiger partial charge in [0.05, 0.1) is 21.8 Å². The lowest BCUT2D eigenvalue weighted by atomic mass is 10.0. The van der Waals surface area contributed by atoms with Crippen LogP contribution < -0.4 is 10.6 Å². The van der Waals surface area contributed by atoms with Crippen molar-refractivity contribution in [1.29, 1.82) is 0 Å². The summed E-state index contributed by atoms with van der Waals surface area (Å²) in [7, 11) is 0. The second-order valence-corrected chi connectivity index (χ2v) is 8.02. The van der Waals surface area contributed by atoms with Gasteiger partial charge in [0, 0.05) is 17.5 Å². The molecule has 0 aliphatic carbocycles. The lowest BCUT2D eigenvalue weighted by Gasteiger charge is -2.17. The van der Waals surface area contributed by atoms with Crippen molar-refractivity contribution in [3.63, 3.8) is 0 Å². The topological polar surface area (TPSA) is 61.4 Å². The second kappa shape index (κ2) is 7.05. The number of aliphatic hydroxyl groups excluding tert-OH is 1. The van der Waals surface area contributed by atoms with Crippen molar-refractivity contribution in [3.8, 4) is 0 Å². The normalized spacial score (nSPS) is 16.6. The summed E-state index contributed by atoms with van der Waals surface area (Å²) in [6, 6.07) is 10.0. The average molecular weight is 348 g/mol. The molecule has 0 radical (unpaired) electrons. The fraction of sp³-hybridized carbons (Fsp3) is 0.353. The van der Waals surface area contributed by atoms with E-state index in [2.05, 4.69) is 17.6 Å². The van der Waals surface area contributed by atoms with Crippen molar-refractivity contribution in [3.05, 3.63) is 46.3 Å². The van der Waals surface area contributed by atoms with E-state index in [1.54, 1.807) is 23.1 Å². The molecule has 1 aliphatic rings. The number of aliphatic hydroxyl groups is 1. The third kappa shape index (κ3) is 3.77. The maximum Gasteiger partial charge on any atom is 0.234 e. The van der Waals surface area contributed by atoms with E-state index in [1.807, 2.05) is 37.3 Å². The summed E-state index contributed by atoms with van der Waals surface area (Å²) < 4.78 is 1.16. The Hall–Kier alpha value is -1.34. The van der Waals surface area contributed by atoms with E-state index in [0.717, 1.165) is 21.0 Å². The number of nitrogens with one attached hydrogen (secondary N) is 2. The predicted molar refractivity (Wildman–Crippen MR) is 96.2 cm³/mol. The van der Waals surface area contributed by atoms with Gasteiger partial charge in [-0.1, -0.05) is 24.3 Å². The fourth-order valence-corrected chi connectivity index (χ4v) is 4.75. The molecule has 122 valence electrons. The van der Waals surface area contributed by atoms with E-state index in [-0.39, 0.29) is 11.9 Å². The molecule has 1 amide bonds. The summed E-state index contributed by atoms with van der Waals surface area (Å²) in [6.45, 7) is 4.58. The average Bonchev–Trinajstić information content (AvgIpc) is 2.95. The molecule has 0 spiro atoms. The summed E-state index contributed by atoms with van der Waals surface area (Å²) in [5, 5.41) is 16.7. The highest BCUT2D eigenvalue weighted by molar-refractivity contribution is 8.02. The molecule has 0 fully saturated rings. The summed E-state index contributed by atoms with van der Waals surface area (Å²) in [5.74, 6) is 0.545. The van der Waals surface area contributed by atoms with Crippen molar-refractivity contribution >= 4 is 34.7 Å². The third-order valence-electron chi connectivity index (χ3n) is 3.92. The van der Waals surface area contributed by atoms with Gasteiger partial charge in [0.2, 0.25) is 5.91 Å². The van der Waals surface area contributed by atoms with Gasteiger partial charge >= 0.3 is 0 Å². The lowest BCUT2D eigenvalue weighted by molar-refractivity contribution is -0.113. The first-order valence-corrected chi connectivity index (χ1v) is 9.38. The number of benzene rings is 1. The second-order valence-electron chi connectivity index (χ2n) is 5.69. The molecule has 0 saturated carbocycles. The molecule has 2 unspecified atom stereocenters. The van der Waals surface area contributed by atoms with Crippen LogP contribution in [0.15, 0.2) is 34.5 Å². The molecule has 3 rings (SSSR count). The SMILES string of the molecule is Cc1ccccc1C(O)CNC(C)c1cc2c(s1)SCC(=O)N2. The van der Waals surface area contributed by atoms with Crippen LogP contribution in [0.5, 0.6) is 0 Å². The molecule has 4 nitrogen and oxygen atoms in total. The van der Waals surface area contributed by atoms with Crippen molar-refractivity contribution < 1.29 is 9.90 Å². The van der Waals surface area contributed by atoms with Crippen LogP contribution in [0.25, 0.3) is 0 Å². The molecular formula is C17H20N2O2S2. The van der Waals surface area contributed by atoms with Crippen LogP contribution in [-0.2, 0) is 4.79 Å². The van der Waals surface area contributed by atoms with Crippen molar-refractivity contribution in [1.82, 2.24) is 5.32 Å². The Morgan fingerprint density at radius 1 is 1.39 bits per heavy atom. The Kier molecular flexibility index (Phi) is 5.06. The van der Waals surface area contributed by atoms with Gasteiger partial charge in [-0.15, -0.1) is 23.1 Å². The number of hydrogen-bond acceptors (Lipinski definition) is 5. The number of thioether (sulfide) groups is 1. The minimum atomic E-state index is -0.526. The van der Waals surface area contributed by atoms with Crippen LogP contribution in [-0.4, -0.2) is 23.3 Å². The molecular weight excluding hydrogens is 328 g/mol. The Labute approximate surface area is 144 Å². The van der Waals surface area contributed by atoms with Crippen LogP contribution in [0.3, 0.4) is 0 Å². The maximum absolute atomic E-state index is 11.4. The Morgan fingerprint density at radius 3 is 2.96 bits per heavy atom. The van der Waals surface area contributed by atoms with E-state index in [0.29, 0.717) is 12.3 Å². The highest BCUT2D eigenvalue weighted by Gasteiger charge is 2.21. The van der Waals surface area contributed by atoms with Gasteiger partial charge in [0.25, 0.3) is 0 Å². The molecule has 0 bridgehead atoms. The van der Waals surface area contributed by atoms with E-state index in [9.17, 15) is 9.90 Å². The molecule has 2 heterocycles. The Morgan fingerprint density at radius 2 is 2.17 bits per heavy atom. The standard InChI is InChI=1S/C17H20N2O2S2/c1-10-5-3-4-6-12(10)14(20)8-18-11(2)15-7-13-17(23-15)22-9-16(21)19-13/h3-7,11,14,18,20H,8-9H2,1-2H3,(H,19,21). The monoisotopic (exact) mass is 348 g/mol. The van der Waals surface area contributed by atoms with Gasteiger partial charge in [-0.3, -0.25) is 4.79 Å². The molecule has 6 heteroatoms. The van der Waals surface area contributed by atoms with Crippen molar-refractivity contribution in [2.45, 2.75) is 30.2 Å². The molecule has 1 aromatic carbocycles. The first kappa shape index (κ1) is 16.5. The summed E-state index contributed by atoms with van der Waals surface area (Å²) in [5.41, 5.74) is 2.97. The number of carbonyl (C=O) groups excluding carboxylic acids is 1. The van der Waals surface area contributed by atoms with Crippen molar-refractivity contribution in [2.24, 2.45) is 0 Å². The molecule has 1 aliphatic heterocycles. The van der Waals surface area contributed by atoms with Gasteiger partial charge in [-0.2, -0.15) is 0 Å². The number of fused-ring (bicyclic) bond motifs is 1. The van der Waals surface area contributed by atoms with E-state index >= 15 is 0 Å². The van der Waals surface area contributed by atoms with Crippen LogP contribution in [0.1, 0.15) is 35.1 Å². The Balaban J connectivity index is 1.62. The van der Waals surface area contributed by atoms with Gasteiger partial charge in [0.15, 0.2) is 0 Å². The van der Waals surface area contributed by atoms with Crippen LogP contribution in [0, 0.1) is 6.92 Å². The quantitative estimate of drug-likeness (QED) is 0.774. The lowest BCUT2D eigenvalue weighted by Crippen LogP contribution is -2.24. The maximum atomic E-state index is 11.4. The molecule has 1 aromatic heterocycles. The van der Waals surface area contributed by atoms with Crippen LogP contribution in [0.2, 0.25) is 0 Å². The molecule has 2 aromatic rings. The molecule has 0 saturated heterocycles. The van der Waals surface area contributed by atoms with Gasteiger partial charge in [-0.05, 0) is 31.0 Å². The minimum Gasteiger partial charge on any atom is -0.387 e. The first-order chi connectivity index (χ1) is 11.0. The number of thiophene rings is 1. The van der Waals surface area contributed by atoms with E-state index < -0.39 is 6.10 Å². The first-order valence-electron chi connectivity index (χ1n) is 7.58. The summed E-state index contributed by atoms with van der Waals surface area (Å²) >= 11 is 3.29. The Bertz CT molecular complexity index is 714. The highest BCUT2D eigenvalue weighted by atomic mass is 32.2. The number of rotatable bonds is 5. The molecule has 3 N–H and O–H groups in total. The number of amides is 1.